The molecular formula is C8H16ClNO3. The van der Waals surface area contributed by atoms with E-state index in [0.29, 0.717) is 6.42 Å². The molecule has 0 amide bonds. The lowest BCUT2D eigenvalue weighted by Crippen LogP contribution is -2.35. The van der Waals surface area contributed by atoms with Gasteiger partial charge in [0, 0.05) is 6.61 Å². The minimum atomic E-state index is -0.941. The quantitative estimate of drug-likeness (QED) is 0.721. The summed E-state index contributed by atoms with van der Waals surface area (Å²) in [6, 6.07) is -0.770. The molecule has 5 heteroatoms. The average molecular weight is 210 g/mol. The zero-order chi connectivity index (χ0) is 8.97. The number of nitrogens with two attached hydrogens (primary N) is 1. The Hall–Kier alpha value is -0.320. The van der Waals surface area contributed by atoms with Crippen molar-refractivity contribution >= 4 is 18.4 Å². The number of carboxylic acid groups (broad SMARTS) is 1. The first kappa shape index (κ1) is 12.7. The normalized spacial score (nSPS) is 24.5. The maximum Gasteiger partial charge on any atom is 0.320 e. The van der Waals surface area contributed by atoms with Gasteiger partial charge >= 0.3 is 5.97 Å². The lowest BCUT2D eigenvalue weighted by molar-refractivity contribution is -0.139. The monoisotopic (exact) mass is 209 g/mol. The fraction of sp³-hybridized carbons (Fsp3) is 0.875. The van der Waals surface area contributed by atoms with Crippen molar-refractivity contribution in [3.63, 3.8) is 0 Å². The van der Waals surface area contributed by atoms with Gasteiger partial charge in [0.1, 0.15) is 6.04 Å². The zero-order valence-electron chi connectivity index (χ0n) is 7.44. The van der Waals surface area contributed by atoms with Crippen molar-refractivity contribution in [3.8, 4) is 0 Å². The van der Waals surface area contributed by atoms with Crippen molar-refractivity contribution in [1.29, 1.82) is 0 Å². The van der Waals surface area contributed by atoms with Crippen LogP contribution in [-0.2, 0) is 9.53 Å². The molecule has 0 aromatic rings. The van der Waals surface area contributed by atoms with Crippen molar-refractivity contribution < 1.29 is 14.6 Å². The molecule has 0 bridgehead atoms. The third kappa shape index (κ3) is 4.45. The fourth-order valence-electron chi connectivity index (χ4n) is 1.38. The van der Waals surface area contributed by atoms with E-state index in [1.54, 1.807) is 0 Å². The topological polar surface area (TPSA) is 72.5 Å². The summed E-state index contributed by atoms with van der Waals surface area (Å²) in [6.45, 7) is 0.747. The highest BCUT2D eigenvalue weighted by Gasteiger charge is 2.20. The van der Waals surface area contributed by atoms with Gasteiger partial charge in [-0.05, 0) is 25.7 Å². The molecule has 0 aromatic heterocycles. The smallest absolute Gasteiger partial charge is 0.320 e. The molecule has 2 unspecified atom stereocenters. The highest BCUT2D eigenvalue weighted by atomic mass is 35.5. The number of hydrogen-bond acceptors (Lipinski definition) is 3. The maximum atomic E-state index is 10.4. The minimum absolute atomic E-state index is 0. The van der Waals surface area contributed by atoms with Crippen molar-refractivity contribution in [1.82, 2.24) is 0 Å². The first-order chi connectivity index (χ1) is 5.70. The molecule has 0 aromatic carbocycles. The fourth-order valence-corrected chi connectivity index (χ4v) is 1.38. The van der Waals surface area contributed by atoms with Crippen LogP contribution in [0.2, 0.25) is 0 Å². The molecule has 1 fully saturated rings. The van der Waals surface area contributed by atoms with Crippen molar-refractivity contribution in [2.75, 3.05) is 6.61 Å². The largest absolute Gasteiger partial charge is 0.480 e. The van der Waals surface area contributed by atoms with Crippen molar-refractivity contribution in [2.24, 2.45) is 5.73 Å². The second kappa shape index (κ2) is 6.18. The predicted molar refractivity (Wildman–Crippen MR) is 51.1 cm³/mol. The van der Waals surface area contributed by atoms with Gasteiger partial charge in [0.2, 0.25) is 0 Å². The second-order valence-electron chi connectivity index (χ2n) is 3.17. The van der Waals surface area contributed by atoms with E-state index < -0.39 is 12.0 Å². The Balaban J connectivity index is 0.00000144. The number of carbonyl (C=O) groups is 1. The molecular weight excluding hydrogens is 194 g/mol. The second-order valence-corrected chi connectivity index (χ2v) is 3.17. The van der Waals surface area contributed by atoms with Gasteiger partial charge in [-0.25, -0.2) is 0 Å². The third-order valence-electron chi connectivity index (χ3n) is 2.11. The first-order valence-corrected chi connectivity index (χ1v) is 4.30. The Morgan fingerprint density at radius 2 is 2.31 bits per heavy atom. The van der Waals surface area contributed by atoms with Gasteiger partial charge in [0.15, 0.2) is 0 Å². The standard InChI is InChI=1S/C8H15NO3.ClH/c9-7(8(10)11)5-6-3-1-2-4-12-6;/h6-7H,1-5,9H2,(H,10,11);1H. The molecule has 1 rings (SSSR count). The van der Waals surface area contributed by atoms with Gasteiger partial charge in [0.25, 0.3) is 0 Å². The summed E-state index contributed by atoms with van der Waals surface area (Å²) in [5, 5.41) is 8.53. The molecule has 4 nitrogen and oxygen atoms in total. The molecule has 2 atom stereocenters. The summed E-state index contributed by atoms with van der Waals surface area (Å²) in [7, 11) is 0. The van der Waals surface area contributed by atoms with E-state index in [1.165, 1.54) is 0 Å². The van der Waals surface area contributed by atoms with Crippen LogP contribution in [0, 0.1) is 0 Å². The molecule has 1 saturated heterocycles. The molecule has 3 N–H and O–H groups in total. The molecule has 1 heterocycles. The Kier molecular flexibility index (Phi) is 6.03. The Labute approximate surface area is 83.9 Å². The summed E-state index contributed by atoms with van der Waals surface area (Å²) in [5.74, 6) is -0.941. The van der Waals surface area contributed by atoms with Gasteiger partial charge in [-0.15, -0.1) is 12.4 Å². The van der Waals surface area contributed by atoms with Crippen LogP contribution in [0.25, 0.3) is 0 Å². The molecule has 1 aliphatic rings. The molecule has 78 valence electrons. The third-order valence-corrected chi connectivity index (χ3v) is 2.11. The number of halogens is 1. The van der Waals surface area contributed by atoms with E-state index in [1.807, 2.05) is 0 Å². The lowest BCUT2D eigenvalue weighted by atomic mass is 10.0. The maximum absolute atomic E-state index is 10.4. The van der Waals surface area contributed by atoms with Crippen LogP contribution >= 0.6 is 12.4 Å². The Bertz CT molecular complexity index is 159. The summed E-state index contributed by atoms with van der Waals surface area (Å²) in [5.41, 5.74) is 5.37. The Morgan fingerprint density at radius 1 is 1.62 bits per heavy atom. The molecule has 1 aliphatic heterocycles. The van der Waals surface area contributed by atoms with Crippen LogP contribution in [0.3, 0.4) is 0 Å². The van der Waals surface area contributed by atoms with Gasteiger partial charge in [-0.2, -0.15) is 0 Å². The summed E-state index contributed by atoms with van der Waals surface area (Å²) in [6.07, 6.45) is 3.65. The van der Waals surface area contributed by atoms with E-state index in [2.05, 4.69) is 0 Å². The molecule has 0 spiro atoms. The van der Waals surface area contributed by atoms with Crippen LogP contribution < -0.4 is 5.73 Å². The Morgan fingerprint density at radius 3 is 2.77 bits per heavy atom. The van der Waals surface area contributed by atoms with Gasteiger partial charge < -0.3 is 15.6 Å². The van der Waals surface area contributed by atoms with Crippen LogP contribution in [0.1, 0.15) is 25.7 Å². The molecule has 0 saturated carbocycles. The van der Waals surface area contributed by atoms with E-state index >= 15 is 0 Å². The van der Waals surface area contributed by atoms with E-state index in [0.717, 1.165) is 25.9 Å². The molecule has 13 heavy (non-hydrogen) atoms. The number of carboxylic acids is 1. The van der Waals surface area contributed by atoms with Gasteiger partial charge in [0.05, 0.1) is 6.10 Å². The minimum Gasteiger partial charge on any atom is -0.480 e. The molecule has 0 aliphatic carbocycles. The number of rotatable bonds is 3. The van der Waals surface area contributed by atoms with Crippen LogP contribution in [-0.4, -0.2) is 29.8 Å². The molecule has 0 radical (unpaired) electrons. The summed E-state index contributed by atoms with van der Waals surface area (Å²) < 4.78 is 5.36. The lowest BCUT2D eigenvalue weighted by Gasteiger charge is -2.23. The van der Waals surface area contributed by atoms with Gasteiger partial charge in [-0.3, -0.25) is 4.79 Å². The predicted octanol–water partition coefficient (Wildman–Crippen LogP) is 0.779. The highest BCUT2D eigenvalue weighted by Crippen LogP contribution is 2.16. The van der Waals surface area contributed by atoms with E-state index in [4.69, 9.17) is 15.6 Å². The van der Waals surface area contributed by atoms with Crippen LogP contribution in [0.15, 0.2) is 0 Å². The number of hydrogen-bond donors (Lipinski definition) is 2. The number of aliphatic carboxylic acids is 1. The number of ether oxygens (including phenoxy) is 1. The van der Waals surface area contributed by atoms with Crippen LogP contribution in [0.5, 0.6) is 0 Å². The average Bonchev–Trinajstić information content (AvgIpc) is 2.06. The van der Waals surface area contributed by atoms with E-state index in [9.17, 15) is 4.79 Å². The van der Waals surface area contributed by atoms with Gasteiger partial charge in [-0.1, -0.05) is 0 Å². The van der Waals surface area contributed by atoms with Crippen molar-refractivity contribution in [3.05, 3.63) is 0 Å². The van der Waals surface area contributed by atoms with E-state index in [-0.39, 0.29) is 18.5 Å². The van der Waals surface area contributed by atoms with Crippen molar-refractivity contribution in [2.45, 2.75) is 37.8 Å². The highest BCUT2D eigenvalue weighted by molar-refractivity contribution is 5.85. The van der Waals surface area contributed by atoms with Crippen LogP contribution in [0.4, 0.5) is 0 Å². The SMILES string of the molecule is Cl.NC(CC1CCCCO1)C(=O)O. The summed E-state index contributed by atoms with van der Waals surface area (Å²) in [4.78, 5) is 10.4. The zero-order valence-corrected chi connectivity index (χ0v) is 8.26. The summed E-state index contributed by atoms with van der Waals surface area (Å²) >= 11 is 0. The first-order valence-electron chi connectivity index (χ1n) is 4.30.